The summed E-state index contributed by atoms with van der Waals surface area (Å²) in [7, 11) is 0. The first-order valence-electron chi connectivity index (χ1n) is 8.16. The van der Waals surface area contributed by atoms with Crippen molar-refractivity contribution in [1.29, 1.82) is 0 Å². The average molecular weight is 321 g/mol. The average Bonchev–Trinajstić information content (AvgIpc) is 2.57. The molecular weight excluding hydrogens is 298 g/mol. The van der Waals surface area contributed by atoms with Gasteiger partial charge in [0.2, 0.25) is 5.91 Å². The number of carbonyl (C=O) groups excluding carboxylic acids is 1. The smallest absolute Gasteiger partial charge is 0.347 e. The Kier molecular flexibility index (Phi) is 4.50. The number of carbonyl (C=O) groups is 1. The van der Waals surface area contributed by atoms with E-state index >= 15 is 0 Å². The Labute approximate surface area is 134 Å². The van der Waals surface area contributed by atoms with E-state index < -0.39 is 5.69 Å². The van der Waals surface area contributed by atoms with Crippen LogP contribution in [0.5, 0.6) is 0 Å². The van der Waals surface area contributed by atoms with Crippen LogP contribution in [0.2, 0.25) is 0 Å². The summed E-state index contributed by atoms with van der Waals surface area (Å²) in [6.45, 7) is 3.80. The summed E-state index contributed by atoms with van der Waals surface area (Å²) in [5.41, 5.74) is -0.613. The molecule has 1 spiro atoms. The van der Waals surface area contributed by atoms with Crippen LogP contribution in [0.3, 0.4) is 0 Å². The molecule has 2 atom stereocenters. The zero-order valence-electron chi connectivity index (χ0n) is 13.4. The quantitative estimate of drug-likeness (QED) is 0.845. The lowest BCUT2D eigenvalue weighted by atomic mass is 9.58. The van der Waals surface area contributed by atoms with E-state index in [4.69, 9.17) is 4.74 Å². The van der Waals surface area contributed by atoms with Crippen LogP contribution in [-0.2, 0) is 16.1 Å². The molecule has 1 aliphatic carbocycles. The predicted molar refractivity (Wildman–Crippen MR) is 82.8 cm³/mol. The Bertz CT molecular complexity index is 620. The van der Waals surface area contributed by atoms with Gasteiger partial charge in [-0.2, -0.15) is 0 Å². The van der Waals surface area contributed by atoms with Gasteiger partial charge in [-0.3, -0.25) is 9.36 Å². The Morgan fingerprint density at radius 1 is 1.48 bits per heavy atom. The molecule has 7 heteroatoms. The third-order valence-corrected chi connectivity index (χ3v) is 5.25. The molecule has 2 heterocycles. The number of ether oxygens (including phenoxy) is 1. The SMILES string of the molecule is CCO[C@@H]1C[C@H](O)C12CCN(C(=O)Cn1cccnc1=O)CC2. The minimum absolute atomic E-state index is 0.0110. The molecule has 0 radical (unpaired) electrons. The molecule has 1 saturated carbocycles. The lowest BCUT2D eigenvalue weighted by Gasteiger charge is -2.56. The van der Waals surface area contributed by atoms with E-state index in [2.05, 4.69) is 4.98 Å². The predicted octanol–water partition coefficient (Wildman–Crippen LogP) is 0.0218. The van der Waals surface area contributed by atoms with Crippen LogP contribution in [0.1, 0.15) is 26.2 Å². The highest BCUT2D eigenvalue weighted by Crippen LogP contribution is 2.50. The topological polar surface area (TPSA) is 84.7 Å². The summed E-state index contributed by atoms with van der Waals surface area (Å²) in [6.07, 6.45) is 4.92. The van der Waals surface area contributed by atoms with Crippen LogP contribution in [0.4, 0.5) is 0 Å². The number of nitrogens with zero attached hydrogens (tertiary/aromatic N) is 3. The van der Waals surface area contributed by atoms with Crippen molar-refractivity contribution in [2.75, 3.05) is 19.7 Å². The molecule has 1 saturated heterocycles. The van der Waals surface area contributed by atoms with E-state index in [9.17, 15) is 14.7 Å². The lowest BCUT2D eigenvalue weighted by molar-refractivity contribution is -0.210. The minimum atomic E-state index is -0.417. The molecule has 2 aliphatic rings. The van der Waals surface area contributed by atoms with Gasteiger partial charge >= 0.3 is 5.69 Å². The molecule has 1 aromatic rings. The van der Waals surface area contributed by atoms with E-state index in [0.717, 1.165) is 12.8 Å². The molecule has 0 aromatic carbocycles. The summed E-state index contributed by atoms with van der Waals surface area (Å²) in [5.74, 6) is -0.0864. The van der Waals surface area contributed by atoms with Gasteiger partial charge in [-0.05, 0) is 25.8 Å². The molecule has 126 valence electrons. The summed E-state index contributed by atoms with van der Waals surface area (Å²) < 4.78 is 7.04. The fourth-order valence-corrected chi connectivity index (χ4v) is 3.74. The van der Waals surface area contributed by atoms with E-state index in [0.29, 0.717) is 26.1 Å². The van der Waals surface area contributed by atoms with E-state index in [1.165, 1.54) is 10.8 Å². The van der Waals surface area contributed by atoms with Gasteiger partial charge in [-0.25, -0.2) is 9.78 Å². The van der Waals surface area contributed by atoms with Gasteiger partial charge in [0.15, 0.2) is 0 Å². The number of rotatable bonds is 4. The van der Waals surface area contributed by atoms with Crippen molar-refractivity contribution in [2.45, 2.75) is 44.9 Å². The summed E-state index contributed by atoms with van der Waals surface area (Å²) in [5, 5.41) is 10.2. The van der Waals surface area contributed by atoms with Crippen LogP contribution >= 0.6 is 0 Å². The second-order valence-electron chi connectivity index (χ2n) is 6.34. The Morgan fingerprint density at radius 2 is 2.22 bits per heavy atom. The maximum Gasteiger partial charge on any atom is 0.347 e. The number of aliphatic hydroxyl groups excluding tert-OH is 1. The van der Waals surface area contributed by atoms with Gasteiger partial charge in [-0.15, -0.1) is 0 Å². The fourth-order valence-electron chi connectivity index (χ4n) is 3.74. The molecule has 0 unspecified atom stereocenters. The van der Waals surface area contributed by atoms with Crippen molar-refractivity contribution in [1.82, 2.24) is 14.5 Å². The van der Waals surface area contributed by atoms with Crippen LogP contribution in [0, 0.1) is 5.41 Å². The first-order valence-corrected chi connectivity index (χ1v) is 8.16. The van der Waals surface area contributed by atoms with E-state index in [1.807, 2.05) is 6.92 Å². The monoisotopic (exact) mass is 321 g/mol. The van der Waals surface area contributed by atoms with Crippen LogP contribution in [-0.4, -0.2) is 57.4 Å². The largest absolute Gasteiger partial charge is 0.392 e. The van der Waals surface area contributed by atoms with Gasteiger partial charge in [0.1, 0.15) is 6.54 Å². The first-order chi connectivity index (χ1) is 11.1. The number of piperidine rings is 1. The number of aliphatic hydroxyl groups is 1. The van der Waals surface area contributed by atoms with Crippen LogP contribution in [0.15, 0.2) is 23.3 Å². The van der Waals surface area contributed by atoms with Crippen molar-refractivity contribution in [3.8, 4) is 0 Å². The molecule has 7 nitrogen and oxygen atoms in total. The Balaban J connectivity index is 1.59. The highest BCUT2D eigenvalue weighted by molar-refractivity contribution is 5.76. The number of aromatic nitrogens is 2. The standard InChI is InChI=1S/C16H23N3O4/c1-2-23-13-10-12(20)16(13)4-8-18(9-5-16)14(21)11-19-7-3-6-17-15(19)22/h3,6-7,12-13,20H,2,4-5,8-11H2,1H3/t12-,13+/m0/s1. The molecule has 3 rings (SSSR count). The van der Waals surface area contributed by atoms with Gasteiger partial charge in [0, 0.05) is 43.9 Å². The second-order valence-corrected chi connectivity index (χ2v) is 6.34. The third kappa shape index (κ3) is 2.90. The summed E-state index contributed by atoms with van der Waals surface area (Å²) >= 11 is 0. The van der Waals surface area contributed by atoms with Gasteiger partial charge in [0.25, 0.3) is 0 Å². The molecule has 1 aromatic heterocycles. The molecular formula is C16H23N3O4. The number of likely N-dealkylation sites (tertiary alicyclic amines) is 1. The number of hydrogen-bond acceptors (Lipinski definition) is 5. The van der Waals surface area contributed by atoms with Crippen LogP contribution in [0.25, 0.3) is 0 Å². The summed E-state index contributed by atoms with van der Waals surface area (Å²) in [4.78, 5) is 29.4. The first kappa shape index (κ1) is 16.1. The normalized spacial score (nSPS) is 26.1. The highest BCUT2D eigenvalue weighted by atomic mass is 16.5. The second kappa shape index (κ2) is 6.41. The van der Waals surface area contributed by atoms with Gasteiger partial charge < -0.3 is 14.7 Å². The Morgan fingerprint density at radius 3 is 2.83 bits per heavy atom. The maximum absolute atomic E-state index is 12.4. The molecule has 23 heavy (non-hydrogen) atoms. The van der Waals surface area contributed by atoms with Crippen molar-refractivity contribution >= 4 is 5.91 Å². The van der Waals surface area contributed by atoms with Crippen LogP contribution < -0.4 is 5.69 Å². The maximum atomic E-state index is 12.4. The van der Waals surface area contributed by atoms with Gasteiger partial charge in [0.05, 0.1) is 12.2 Å². The van der Waals surface area contributed by atoms with Crippen molar-refractivity contribution < 1.29 is 14.6 Å². The minimum Gasteiger partial charge on any atom is -0.392 e. The van der Waals surface area contributed by atoms with Crippen molar-refractivity contribution in [3.63, 3.8) is 0 Å². The number of hydrogen-bond donors (Lipinski definition) is 1. The highest BCUT2D eigenvalue weighted by Gasteiger charge is 2.56. The molecule has 1 N–H and O–H groups in total. The Hall–Kier alpha value is -1.73. The molecule has 2 fully saturated rings. The zero-order valence-corrected chi connectivity index (χ0v) is 13.4. The zero-order chi connectivity index (χ0) is 16.4. The molecule has 1 aliphatic heterocycles. The van der Waals surface area contributed by atoms with Crippen molar-refractivity contribution in [2.24, 2.45) is 5.41 Å². The fraction of sp³-hybridized carbons (Fsp3) is 0.688. The molecule has 1 amide bonds. The van der Waals surface area contributed by atoms with Gasteiger partial charge in [-0.1, -0.05) is 0 Å². The van der Waals surface area contributed by atoms with Crippen molar-refractivity contribution in [3.05, 3.63) is 28.9 Å². The lowest BCUT2D eigenvalue weighted by Crippen LogP contribution is -2.62. The van der Waals surface area contributed by atoms with E-state index in [1.54, 1.807) is 17.2 Å². The van der Waals surface area contributed by atoms with E-state index in [-0.39, 0.29) is 30.1 Å². The number of amides is 1. The third-order valence-electron chi connectivity index (χ3n) is 5.25. The molecule has 0 bridgehead atoms. The summed E-state index contributed by atoms with van der Waals surface area (Å²) in [6, 6.07) is 1.64.